The molecule has 16 heavy (non-hydrogen) atoms. The van der Waals surface area contributed by atoms with Crippen LogP contribution in [0.3, 0.4) is 0 Å². The maximum Gasteiger partial charge on any atom is 0.416 e. The molecule has 0 aliphatic carbocycles. The van der Waals surface area contributed by atoms with Crippen molar-refractivity contribution < 1.29 is 4.42 Å². The third-order valence-electron chi connectivity index (χ3n) is 2.34. The highest BCUT2D eigenvalue weighted by Crippen LogP contribution is 2.31. The lowest BCUT2D eigenvalue weighted by molar-refractivity contribution is 0.451. The summed E-state index contributed by atoms with van der Waals surface area (Å²) in [4.78, 5) is 13.9. The van der Waals surface area contributed by atoms with Crippen LogP contribution in [-0.2, 0) is 0 Å². The van der Waals surface area contributed by atoms with Gasteiger partial charge in [-0.05, 0) is 6.07 Å². The number of benzene rings is 1. The minimum Gasteiger partial charge on any atom is -0.412 e. The van der Waals surface area contributed by atoms with Gasteiger partial charge in [0.25, 0.3) is 0 Å². The van der Waals surface area contributed by atoms with Crippen LogP contribution in [0.5, 0.6) is 0 Å². The van der Waals surface area contributed by atoms with Gasteiger partial charge in [0.1, 0.15) is 5.76 Å². The molecule has 84 valence electrons. The summed E-state index contributed by atoms with van der Waals surface area (Å²) in [5.74, 6) is 0.321. The molecule has 1 heterocycles. The highest BCUT2D eigenvalue weighted by molar-refractivity contribution is 6.33. The predicted octanol–water partition coefficient (Wildman–Crippen LogP) is 3.41. The first-order chi connectivity index (χ1) is 7.59. The molecule has 0 fully saturated rings. The van der Waals surface area contributed by atoms with Gasteiger partial charge in [-0.15, -0.1) is 0 Å². The van der Waals surface area contributed by atoms with Crippen LogP contribution in [0.25, 0.3) is 11.3 Å². The van der Waals surface area contributed by atoms with Gasteiger partial charge in [-0.1, -0.05) is 43.6 Å². The number of H-pyrrole nitrogens is 1. The lowest BCUT2D eigenvalue weighted by Crippen LogP contribution is -1.94. The van der Waals surface area contributed by atoms with E-state index in [0.717, 1.165) is 5.56 Å². The van der Waals surface area contributed by atoms with Crippen LogP contribution in [0.15, 0.2) is 33.5 Å². The first kappa shape index (κ1) is 11.0. The Bertz CT molecular complexity index is 554. The molecule has 2 aromatic rings. The molecule has 4 heteroatoms. The fraction of sp³-hybridized carbons (Fsp3) is 0.250. The number of oxazole rings is 1. The van der Waals surface area contributed by atoms with Crippen molar-refractivity contribution in [3.8, 4) is 11.3 Å². The third kappa shape index (κ3) is 1.91. The largest absolute Gasteiger partial charge is 0.416 e. The van der Waals surface area contributed by atoms with E-state index in [-0.39, 0.29) is 5.92 Å². The minimum atomic E-state index is -0.446. The van der Waals surface area contributed by atoms with Crippen molar-refractivity contribution in [1.82, 2.24) is 4.98 Å². The van der Waals surface area contributed by atoms with E-state index in [9.17, 15) is 4.79 Å². The molecule has 2 rings (SSSR count). The van der Waals surface area contributed by atoms with Gasteiger partial charge < -0.3 is 4.42 Å². The van der Waals surface area contributed by atoms with E-state index in [1.54, 1.807) is 6.07 Å². The summed E-state index contributed by atoms with van der Waals surface area (Å²) in [6.45, 7) is 3.93. The molecule has 0 aliphatic heterocycles. The zero-order valence-electron chi connectivity index (χ0n) is 9.08. The van der Waals surface area contributed by atoms with Gasteiger partial charge in [0.2, 0.25) is 0 Å². The molecule has 1 aromatic heterocycles. The van der Waals surface area contributed by atoms with Crippen molar-refractivity contribution in [3.05, 3.63) is 45.6 Å². The lowest BCUT2D eigenvalue weighted by atomic mass is 10.0. The number of aromatic amines is 1. The molecule has 1 N–H and O–H groups in total. The highest BCUT2D eigenvalue weighted by atomic mass is 35.5. The van der Waals surface area contributed by atoms with Gasteiger partial charge >= 0.3 is 5.76 Å². The molecule has 0 radical (unpaired) electrons. The van der Waals surface area contributed by atoms with Crippen LogP contribution in [0.2, 0.25) is 5.02 Å². The maximum absolute atomic E-state index is 11.2. The van der Waals surface area contributed by atoms with Gasteiger partial charge in [0, 0.05) is 11.5 Å². The summed E-state index contributed by atoms with van der Waals surface area (Å²) < 4.78 is 5.12. The average Bonchev–Trinajstić information content (AvgIpc) is 2.61. The van der Waals surface area contributed by atoms with Crippen LogP contribution in [0, 0.1) is 0 Å². The number of rotatable bonds is 2. The summed E-state index contributed by atoms with van der Waals surface area (Å²) in [6, 6.07) is 7.36. The Kier molecular flexibility index (Phi) is 2.88. The quantitative estimate of drug-likeness (QED) is 0.870. The molecule has 1 aromatic carbocycles. The second-order valence-electron chi connectivity index (χ2n) is 3.89. The second kappa shape index (κ2) is 4.18. The Morgan fingerprint density at radius 2 is 2.00 bits per heavy atom. The standard InChI is InChI=1S/C12H12ClNO2/c1-7(2)11-10(14-12(15)16-11)8-5-3-4-6-9(8)13/h3-7H,1-2H3,(H,14,15). The monoisotopic (exact) mass is 237 g/mol. The van der Waals surface area contributed by atoms with E-state index < -0.39 is 5.76 Å². The minimum absolute atomic E-state index is 0.130. The zero-order chi connectivity index (χ0) is 11.7. The van der Waals surface area contributed by atoms with Gasteiger partial charge in [-0.25, -0.2) is 4.79 Å². The van der Waals surface area contributed by atoms with Crippen LogP contribution in [0.1, 0.15) is 25.5 Å². The Balaban J connectivity index is 2.64. The Hall–Kier alpha value is -1.48. The first-order valence-electron chi connectivity index (χ1n) is 5.07. The third-order valence-corrected chi connectivity index (χ3v) is 2.67. The first-order valence-corrected chi connectivity index (χ1v) is 5.45. The molecule has 3 nitrogen and oxygen atoms in total. The van der Waals surface area contributed by atoms with Crippen molar-refractivity contribution in [2.45, 2.75) is 19.8 Å². The lowest BCUT2D eigenvalue weighted by Gasteiger charge is -2.05. The van der Waals surface area contributed by atoms with Crippen LogP contribution < -0.4 is 5.76 Å². The average molecular weight is 238 g/mol. The SMILES string of the molecule is CC(C)c1oc(=O)[nH]c1-c1ccccc1Cl. The highest BCUT2D eigenvalue weighted by Gasteiger charge is 2.16. The zero-order valence-corrected chi connectivity index (χ0v) is 9.84. The number of halogens is 1. The van der Waals surface area contributed by atoms with Gasteiger partial charge in [-0.2, -0.15) is 0 Å². The normalized spacial score (nSPS) is 11.0. The molecule has 0 unspecified atom stereocenters. The summed E-state index contributed by atoms with van der Waals surface area (Å²) in [5.41, 5.74) is 1.46. The molecule has 0 spiro atoms. The number of hydrogen-bond donors (Lipinski definition) is 1. The molecule has 0 amide bonds. The van der Waals surface area contributed by atoms with E-state index in [0.29, 0.717) is 16.5 Å². The van der Waals surface area contributed by atoms with Crippen LogP contribution >= 0.6 is 11.6 Å². The molecule has 0 atom stereocenters. The van der Waals surface area contributed by atoms with Crippen molar-refractivity contribution in [1.29, 1.82) is 0 Å². The smallest absolute Gasteiger partial charge is 0.412 e. The summed E-state index contributed by atoms with van der Waals surface area (Å²) >= 11 is 6.08. The molecular weight excluding hydrogens is 226 g/mol. The Labute approximate surface area is 98.1 Å². The summed E-state index contributed by atoms with van der Waals surface area (Å²) in [7, 11) is 0. The fourth-order valence-electron chi connectivity index (χ4n) is 1.61. The second-order valence-corrected chi connectivity index (χ2v) is 4.30. The molecular formula is C12H12ClNO2. The maximum atomic E-state index is 11.2. The molecule has 0 saturated heterocycles. The van der Waals surface area contributed by atoms with E-state index in [1.807, 2.05) is 32.0 Å². The van der Waals surface area contributed by atoms with E-state index >= 15 is 0 Å². The van der Waals surface area contributed by atoms with Crippen LogP contribution in [-0.4, -0.2) is 4.98 Å². The number of hydrogen-bond acceptors (Lipinski definition) is 2. The number of nitrogens with one attached hydrogen (secondary N) is 1. The van der Waals surface area contributed by atoms with Gasteiger partial charge in [-0.3, -0.25) is 4.98 Å². The van der Waals surface area contributed by atoms with Crippen molar-refractivity contribution in [3.63, 3.8) is 0 Å². The Morgan fingerprint density at radius 3 is 2.62 bits per heavy atom. The van der Waals surface area contributed by atoms with E-state index in [1.165, 1.54) is 0 Å². The van der Waals surface area contributed by atoms with Crippen molar-refractivity contribution in [2.24, 2.45) is 0 Å². The topological polar surface area (TPSA) is 46.0 Å². The molecule has 0 aliphatic rings. The molecule has 0 bridgehead atoms. The van der Waals surface area contributed by atoms with Gasteiger partial charge in [0.05, 0.1) is 10.7 Å². The number of aromatic nitrogens is 1. The fourth-order valence-corrected chi connectivity index (χ4v) is 1.84. The predicted molar refractivity (Wildman–Crippen MR) is 63.9 cm³/mol. The van der Waals surface area contributed by atoms with E-state index in [2.05, 4.69) is 4.98 Å². The van der Waals surface area contributed by atoms with Crippen molar-refractivity contribution >= 4 is 11.6 Å². The van der Waals surface area contributed by atoms with Crippen LogP contribution in [0.4, 0.5) is 0 Å². The van der Waals surface area contributed by atoms with Crippen molar-refractivity contribution in [2.75, 3.05) is 0 Å². The van der Waals surface area contributed by atoms with E-state index in [4.69, 9.17) is 16.0 Å². The molecule has 0 saturated carbocycles. The Morgan fingerprint density at radius 1 is 1.31 bits per heavy atom. The van der Waals surface area contributed by atoms with Gasteiger partial charge in [0.15, 0.2) is 0 Å². The summed E-state index contributed by atoms with van der Waals surface area (Å²) in [5, 5.41) is 0.599. The summed E-state index contributed by atoms with van der Waals surface area (Å²) in [6.07, 6.45) is 0.